The van der Waals surface area contributed by atoms with E-state index >= 15 is 0 Å². The molecular weight excluding hydrogens is 278 g/mol. The average molecular weight is 294 g/mol. The van der Waals surface area contributed by atoms with Crippen LogP contribution in [0.15, 0.2) is 0 Å². The SMILES string of the molecule is CC(OCC1CCC(O)CC1)(C(F)(F)F)C(F)(F)F. The number of ether oxygens (including phenoxy) is 1. The summed E-state index contributed by atoms with van der Waals surface area (Å²) in [6.45, 7) is -0.604. The first-order chi connectivity index (χ1) is 8.47. The molecule has 1 rings (SSSR count). The molecule has 19 heavy (non-hydrogen) atoms. The lowest BCUT2D eigenvalue weighted by Crippen LogP contribution is -2.57. The Morgan fingerprint density at radius 2 is 1.37 bits per heavy atom. The van der Waals surface area contributed by atoms with Gasteiger partial charge in [-0.3, -0.25) is 0 Å². The molecule has 0 unspecified atom stereocenters. The second-order valence-electron chi connectivity index (χ2n) is 5.01. The zero-order chi connectivity index (χ0) is 14.9. The van der Waals surface area contributed by atoms with Gasteiger partial charge in [0, 0.05) is 0 Å². The van der Waals surface area contributed by atoms with Crippen molar-refractivity contribution in [3.8, 4) is 0 Å². The first kappa shape index (κ1) is 16.6. The quantitative estimate of drug-likeness (QED) is 0.808. The monoisotopic (exact) mass is 294 g/mol. The zero-order valence-electron chi connectivity index (χ0n) is 10.3. The second kappa shape index (κ2) is 5.47. The molecule has 1 fully saturated rings. The molecular formula is C11H16F6O2. The van der Waals surface area contributed by atoms with E-state index in [0.29, 0.717) is 25.7 Å². The number of rotatable bonds is 3. The molecule has 1 N–H and O–H groups in total. The van der Waals surface area contributed by atoms with Gasteiger partial charge in [-0.2, -0.15) is 26.3 Å². The lowest BCUT2D eigenvalue weighted by atomic mass is 9.88. The Labute approximate surface area is 106 Å². The molecule has 0 aromatic carbocycles. The molecule has 114 valence electrons. The summed E-state index contributed by atoms with van der Waals surface area (Å²) in [6, 6.07) is 0. The molecule has 0 atom stereocenters. The van der Waals surface area contributed by atoms with E-state index in [2.05, 4.69) is 4.74 Å². The standard InChI is InChI=1S/C11H16F6O2/c1-9(10(12,13)14,11(15,16)17)19-6-7-2-4-8(18)5-3-7/h7-8,18H,2-6H2,1H3. The maximum absolute atomic E-state index is 12.5. The summed E-state index contributed by atoms with van der Waals surface area (Å²) in [5, 5.41) is 9.21. The van der Waals surface area contributed by atoms with Crippen molar-refractivity contribution in [3.05, 3.63) is 0 Å². The summed E-state index contributed by atoms with van der Waals surface area (Å²) < 4.78 is 79.4. The molecule has 2 nitrogen and oxygen atoms in total. The van der Waals surface area contributed by atoms with Crippen molar-refractivity contribution in [1.29, 1.82) is 0 Å². The Morgan fingerprint density at radius 1 is 0.947 bits per heavy atom. The Balaban J connectivity index is 2.65. The number of hydrogen-bond donors (Lipinski definition) is 1. The van der Waals surface area contributed by atoms with Gasteiger partial charge in [0.15, 0.2) is 0 Å². The van der Waals surface area contributed by atoms with Crippen molar-refractivity contribution in [2.45, 2.75) is 56.7 Å². The highest BCUT2D eigenvalue weighted by atomic mass is 19.4. The molecule has 8 heteroatoms. The van der Waals surface area contributed by atoms with Crippen molar-refractivity contribution >= 4 is 0 Å². The molecule has 0 aromatic heterocycles. The molecule has 0 spiro atoms. The third-order valence-corrected chi connectivity index (χ3v) is 3.51. The third-order valence-electron chi connectivity index (χ3n) is 3.51. The van der Waals surface area contributed by atoms with Crippen LogP contribution in [0, 0.1) is 5.92 Å². The van der Waals surface area contributed by atoms with Gasteiger partial charge in [-0.25, -0.2) is 0 Å². The van der Waals surface area contributed by atoms with E-state index in [0.717, 1.165) is 0 Å². The van der Waals surface area contributed by atoms with Crippen LogP contribution in [0.25, 0.3) is 0 Å². The van der Waals surface area contributed by atoms with Crippen molar-refractivity contribution in [2.24, 2.45) is 5.92 Å². The number of aliphatic hydroxyl groups is 1. The molecule has 0 aliphatic heterocycles. The van der Waals surface area contributed by atoms with E-state index in [4.69, 9.17) is 0 Å². The lowest BCUT2D eigenvalue weighted by Gasteiger charge is -2.35. The summed E-state index contributed by atoms with van der Waals surface area (Å²) in [5.74, 6) is -0.382. The largest absolute Gasteiger partial charge is 0.426 e. The minimum atomic E-state index is -5.51. The molecule has 0 amide bonds. The molecule has 0 saturated heterocycles. The van der Waals surface area contributed by atoms with Crippen LogP contribution in [0.3, 0.4) is 0 Å². The summed E-state index contributed by atoms with van der Waals surface area (Å²) >= 11 is 0. The highest BCUT2D eigenvalue weighted by Gasteiger charge is 2.69. The fourth-order valence-corrected chi connectivity index (χ4v) is 1.92. The molecule has 1 saturated carbocycles. The van der Waals surface area contributed by atoms with E-state index in [9.17, 15) is 31.4 Å². The number of aliphatic hydroxyl groups excluding tert-OH is 1. The highest BCUT2D eigenvalue weighted by Crippen LogP contribution is 2.46. The first-order valence-corrected chi connectivity index (χ1v) is 5.93. The summed E-state index contributed by atoms with van der Waals surface area (Å²) in [7, 11) is 0. The van der Waals surface area contributed by atoms with Gasteiger partial charge in [0.2, 0.25) is 0 Å². The fraction of sp³-hybridized carbons (Fsp3) is 1.00. The van der Waals surface area contributed by atoms with Gasteiger partial charge in [0.25, 0.3) is 5.60 Å². The molecule has 0 heterocycles. The van der Waals surface area contributed by atoms with E-state index in [1.54, 1.807) is 0 Å². The van der Waals surface area contributed by atoms with Crippen LogP contribution in [0.2, 0.25) is 0 Å². The van der Waals surface area contributed by atoms with Crippen molar-refractivity contribution < 1.29 is 36.2 Å². The molecule has 1 aliphatic carbocycles. The van der Waals surface area contributed by atoms with Gasteiger partial charge in [-0.15, -0.1) is 0 Å². The minimum Gasteiger partial charge on any atom is -0.393 e. The van der Waals surface area contributed by atoms with Gasteiger partial charge in [0.1, 0.15) is 0 Å². The number of hydrogen-bond acceptors (Lipinski definition) is 2. The van der Waals surface area contributed by atoms with Crippen LogP contribution >= 0.6 is 0 Å². The smallest absolute Gasteiger partial charge is 0.393 e. The predicted octanol–water partition coefficient (Wildman–Crippen LogP) is 3.44. The Morgan fingerprint density at radius 3 is 1.74 bits per heavy atom. The first-order valence-electron chi connectivity index (χ1n) is 5.93. The van der Waals surface area contributed by atoms with E-state index in [1.165, 1.54) is 0 Å². The van der Waals surface area contributed by atoms with Crippen LogP contribution in [-0.4, -0.2) is 35.8 Å². The summed E-state index contributed by atoms with van der Waals surface area (Å²) in [6.07, 6.45) is -10.1. The Kier molecular flexibility index (Phi) is 4.77. The summed E-state index contributed by atoms with van der Waals surface area (Å²) in [5.41, 5.74) is -4.14. The van der Waals surface area contributed by atoms with E-state index in [1.807, 2.05) is 0 Å². The third kappa shape index (κ3) is 3.75. The van der Waals surface area contributed by atoms with Crippen molar-refractivity contribution in [3.63, 3.8) is 0 Å². The van der Waals surface area contributed by atoms with Crippen LogP contribution in [0.1, 0.15) is 32.6 Å². The number of alkyl halides is 6. The van der Waals surface area contributed by atoms with Gasteiger partial charge in [-0.1, -0.05) is 0 Å². The Bertz CT molecular complexity index is 277. The maximum atomic E-state index is 12.5. The van der Waals surface area contributed by atoms with Crippen molar-refractivity contribution in [2.75, 3.05) is 6.61 Å². The minimum absolute atomic E-state index is 0.00464. The Hall–Kier alpha value is -0.500. The number of halogens is 6. The van der Waals surface area contributed by atoms with Gasteiger partial charge >= 0.3 is 12.4 Å². The van der Waals surface area contributed by atoms with Crippen molar-refractivity contribution in [1.82, 2.24) is 0 Å². The molecule has 0 radical (unpaired) electrons. The normalized spacial score (nSPS) is 26.5. The molecule has 0 aromatic rings. The van der Waals surface area contributed by atoms with Crippen LogP contribution in [-0.2, 0) is 4.74 Å². The van der Waals surface area contributed by atoms with Crippen LogP contribution in [0.5, 0.6) is 0 Å². The molecule has 0 bridgehead atoms. The maximum Gasteiger partial charge on any atom is 0.426 e. The zero-order valence-corrected chi connectivity index (χ0v) is 10.3. The van der Waals surface area contributed by atoms with Gasteiger partial charge < -0.3 is 9.84 Å². The van der Waals surface area contributed by atoms with Gasteiger partial charge in [-0.05, 0) is 38.5 Å². The van der Waals surface area contributed by atoms with Crippen LogP contribution < -0.4 is 0 Å². The fourth-order valence-electron chi connectivity index (χ4n) is 1.92. The lowest BCUT2D eigenvalue weighted by molar-refractivity contribution is -0.376. The van der Waals surface area contributed by atoms with E-state index in [-0.39, 0.29) is 12.8 Å². The van der Waals surface area contributed by atoms with Gasteiger partial charge in [0.05, 0.1) is 12.7 Å². The topological polar surface area (TPSA) is 29.5 Å². The average Bonchev–Trinajstić information content (AvgIpc) is 2.24. The second-order valence-corrected chi connectivity index (χ2v) is 5.01. The molecule has 1 aliphatic rings. The van der Waals surface area contributed by atoms with E-state index < -0.39 is 30.7 Å². The van der Waals surface area contributed by atoms with Crippen LogP contribution in [0.4, 0.5) is 26.3 Å². The predicted molar refractivity (Wildman–Crippen MR) is 54.4 cm³/mol. The summed E-state index contributed by atoms with van der Waals surface area (Å²) in [4.78, 5) is 0. The highest BCUT2D eigenvalue weighted by molar-refractivity contribution is 4.92.